The van der Waals surface area contributed by atoms with Crippen molar-refractivity contribution in [1.82, 2.24) is 9.80 Å². The van der Waals surface area contributed by atoms with Crippen molar-refractivity contribution >= 4 is 17.5 Å². The number of carbonyl (C=O) groups excluding carboxylic acids is 1. The largest absolute Gasteiger partial charge is 0.342 e. The van der Waals surface area contributed by atoms with Crippen LogP contribution in [0.3, 0.4) is 0 Å². The van der Waals surface area contributed by atoms with Crippen molar-refractivity contribution < 1.29 is 9.18 Å². The van der Waals surface area contributed by atoms with Crippen LogP contribution in [0, 0.1) is 23.6 Å². The number of nitrogens with zero attached hydrogens (tertiary/aromatic N) is 2. The molecule has 2 aliphatic heterocycles. The number of hydrogen-bond acceptors (Lipinski definition) is 2. The second-order valence-corrected chi connectivity index (χ2v) is 8.78. The molecule has 142 valence electrons. The van der Waals surface area contributed by atoms with E-state index in [1.54, 1.807) is 12.1 Å². The van der Waals surface area contributed by atoms with E-state index in [0.29, 0.717) is 35.4 Å². The molecule has 0 spiro atoms. The van der Waals surface area contributed by atoms with Gasteiger partial charge in [-0.25, -0.2) is 4.39 Å². The van der Waals surface area contributed by atoms with Crippen molar-refractivity contribution in [3.8, 4) is 0 Å². The van der Waals surface area contributed by atoms with Crippen LogP contribution in [-0.4, -0.2) is 41.9 Å². The van der Waals surface area contributed by atoms with Gasteiger partial charge in [-0.3, -0.25) is 9.69 Å². The molecule has 26 heavy (non-hydrogen) atoms. The summed E-state index contributed by atoms with van der Waals surface area (Å²) in [4.78, 5) is 17.0. The Morgan fingerprint density at radius 3 is 2.46 bits per heavy atom. The van der Waals surface area contributed by atoms with Crippen molar-refractivity contribution in [2.75, 3.05) is 26.2 Å². The van der Waals surface area contributed by atoms with E-state index in [4.69, 9.17) is 11.6 Å². The van der Waals surface area contributed by atoms with Gasteiger partial charge >= 0.3 is 0 Å². The summed E-state index contributed by atoms with van der Waals surface area (Å²) in [5, 5.41) is 0.502. The quantitative estimate of drug-likeness (QED) is 0.778. The molecule has 1 aliphatic carbocycles. The van der Waals surface area contributed by atoms with Crippen LogP contribution in [0.4, 0.5) is 4.39 Å². The minimum absolute atomic E-state index is 0.227. The normalized spacial score (nSPS) is 27.1. The number of likely N-dealkylation sites (tertiary alicyclic amines) is 2. The van der Waals surface area contributed by atoms with Crippen molar-refractivity contribution in [2.24, 2.45) is 17.8 Å². The summed E-state index contributed by atoms with van der Waals surface area (Å²) in [6, 6.07) is 4.86. The van der Waals surface area contributed by atoms with Crippen LogP contribution in [0.1, 0.15) is 44.1 Å². The second kappa shape index (κ2) is 7.85. The minimum Gasteiger partial charge on any atom is -0.342 e. The van der Waals surface area contributed by atoms with E-state index in [1.807, 2.05) is 0 Å². The predicted molar refractivity (Wildman–Crippen MR) is 101 cm³/mol. The molecule has 1 amide bonds. The molecule has 0 N–H and O–H groups in total. The van der Waals surface area contributed by atoms with Crippen LogP contribution in [0.5, 0.6) is 0 Å². The van der Waals surface area contributed by atoms with Crippen LogP contribution in [-0.2, 0) is 11.3 Å². The molecule has 5 heteroatoms. The van der Waals surface area contributed by atoms with E-state index in [1.165, 1.54) is 25.3 Å². The highest BCUT2D eigenvalue weighted by Gasteiger charge is 2.38. The van der Waals surface area contributed by atoms with E-state index < -0.39 is 0 Å². The molecule has 0 bridgehead atoms. The topological polar surface area (TPSA) is 23.6 Å². The van der Waals surface area contributed by atoms with Crippen LogP contribution in [0.25, 0.3) is 0 Å². The minimum atomic E-state index is -0.227. The first kappa shape index (κ1) is 18.2. The summed E-state index contributed by atoms with van der Waals surface area (Å²) in [6.07, 6.45) is 6.68. The van der Waals surface area contributed by atoms with Crippen LogP contribution in [0.15, 0.2) is 18.2 Å². The first-order valence-corrected chi connectivity index (χ1v) is 10.4. The Bertz CT molecular complexity index is 627. The van der Waals surface area contributed by atoms with Gasteiger partial charge < -0.3 is 4.90 Å². The summed E-state index contributed by atoms with van der Waals surface area (Å²) >= 11 is 6.14. The van der Waals surface area contributed by atoms with Gasteiger partial charge in [-0.2, -0.15) is 0 Å². The number of piperidine rings is 1. The molecule has 1 aromatic carbocycles. The van der Waals surface area contributed by atoms with Crippen molar-refractivity contribution in [3.05, 3.63) is 34.6 Å². The molecule has 4 rings (SSSR count). The number of halogens is 2. The van der Waals surface area contributed by atoms with Gasteiger partial charge in [0.05, 0.1) is 0 Å². The van der Waals surface area contributed by atoms with E-state index in [-0.39, 0.29) is 5.82 Å². The van der Waals surface area contributed by atoms with Crippen LogP contribution >= 0.6 is 11.6 Å². The summed E-state index contributed by atoms with van der Waals surface area (Å²) in [5.74, 6) is 2.14. The van der Waals surface area contributed by atoms with Crippen LogP contribution in [0.2, 0.25) is 5.02 Å². The fraction of sp³-hybridized carbons (Fsp3) is 0.667. The summed E-state index contributed by atoms with van der Waals surface area (Å²) < 4.78 is 14.0. The molecular weight excluding hydrogens is 351 g/mol. The lowest BCUT2D eigenvalue weighted by atomic mass is 9.92. The third-order valence-electron chi connectivity index (χ3n) is 6.69. The fourth-order valence-electron chi connectivity index (χ4n) is 5.07. The van der Waals surface area contributed by atoms with Gasteiger partial charge in [-0.05, 0) is 68.7 Å². The molecule has 1 aromatic rings. The van der Waals surface area contributed by atoms with Gasteiger partial charge in [-0.1, -0.05) is 24.1 Å². The molecule has 3 nitrogen and oxygen atoms in total. The smallest absolute Gasteiger partial charge is 0.222 e. The maximum absolute atomic E-state index is 14.0. The maximum atomic E-state index is 14.0. The molecule has 2 heterocycles. The third kappa shape index (κ3) is 3.91. The first-order valence-electron chi connectivity index (χ1n) is 10.0. The molecule has 3 fully saturated rings. The zero-order valence-electron chi connectivity index (χ0n) is 15.3. The first-order chi connectivity index (χ1) is 12.6. The Balaban J connectivity index is 1.24. The number of carbonyl (C=O) groups is 1. The Morgan fingerprint density at radius 1 is 1.12 bits per heavy atom. The molecule has 2 atom stereocenters. The van der Waals surface area contributed by atoms with Crippen molar-refractivity contribution in [1.29, 1.82) is 0 Å². The zero-order chi connectivity index (χ0) is 18.1. The van der Waals surface area contributed by atoms with Gasteiger partial charge in [0, 0.05) is 36.6 Å². The lowest BCUT2D eigenvalue weighted by Crippen LogP contribution is -2.37. The van der Waals surface area contributed by atoms with Gasteiger partial charge in [0.1, 0.15) is 5.82 Å². The SMILES string of the molecule is O=C(CC1CCN(Cc2c(F)cccc2Cl)CC1)N1CC2CCCC2C1. The number of fused-ring (bicyclic) bond motifs is 1. The van der Waals surface area contributed by atoms with E-state index in [9.17, 15) is 9.18 Å². The Hall–Kier alpha value is -1.13. The molecule has 0 radical (unpaired) electrons. The van der Waals surface area contributed by atoms with Gasteiger partial charge in [-0.15, -0.1) is 0 Å². The lowest BCUT2D eigenvalue weighted by molar-refractivity contribution is -0.131. The molecule has 1 saturated carbocycles. The number of amides is 1. The number of rotatable bonds is 4. The average molecular weight is 379 g/mol. The molecule has 2 saturated heterocycles. The highest BCUT2D eigenvalue weighted by Crippen LogP contribution is 2.38. The van der Waals surface area contributed by atoms with E-state index in [2.05, 4.69) is 9.80 Å². The Kier molecular flexibility index (Phi) is 5.51. The predicted octanol–water partition coefficient (Wildman–Crippen LogP) is 4.34. The van der Waals surface area contributed by atoms with Crippen molar-refractivity contribution in [3.63, 3.8) is 0 Å². The molecule has 2 unspecified atom stereocenters. The number of benzene rings is 1. The van der Waals surface area contributed by atoms with E-state index in [0.717, 1.165) is 50.9 Å². The van der Waals surface area contributed by atoms with Gasteiger partial charge in [0.2, 0.25) is 5.91 Å². The third-order valence-corrected chi connectivity index (χ3v) is 7.05. The summed E-state index contributed by atoms with van der Waals surface area (Å²) in [6.45, 7) is 4.37. The molecular formula is C21H28ClFN2O. The second-order valence-electron chi connectivity index (χ2n) is 8.37. The van der Waals surface area contributed by atoms with E-state index >= 15 is 0 Å². The molecule has 3 aliphatic rings. The van der Waals surface area contributed by atoms with Crippen LogP contribution < -0.4 is 0 Å². The zero-order valence-corrected chi connectivity index (χ0v) is 16.1. The highest BCUT2D eigenvalue weighted by atomic mass is 35.5. The van der Waals surface area contributed by atoms with Gasteiger partial charge in [0.15, 0.2) is 0 Å². The van der Waals surface area contributed by atoms with Gasteiger partial charge in [0.25, 0.3) is 0 Å². The Morgan fingerprint density at radius 2 is 1.81 bits per heavy atom. The maximum Gasteiger partial charge on any atom is 0.222 e. The Labute approximate surface area is 160 Å². The highest BCUT2D eigenvalue weighted by molar-refractivity contribution is 6.31. The standard InChI is InChI=1S/C21H28ClFN2O/c22-19-5-2-6-20(23)18(19)14-24-9-7-15(8-10-24)11-21(26)25-12-16-3-1-4-17(16)13-25/h2,5-6,15-17H,1,3-4,7-14H2. The fourth-order valence-corrected chi connectivity index (χ4v) is 5.29. The number of hydrogen-bond donors (Lipinski definition) is 0. The summed E-state index contributed by atoms with van der Waals surface area (Å²) in [7, 11) is 0. The van der Waals surface area contributed by atoms with Crippen molar-refractivity contribution in [2.45, 2.75) is 45.1 Å². The average Bonchev–Trinajstić information content (AvgIpc) is 3.22. The lowest BCUT2D eigenvalue weighted by Gasteiger charge is -2.32. The summed E-state index contributed by atoms with van der Waals surface area (Å²) in [5.41, 5.74) is 0.590. The molecule has 0 aromatic heterocycles. The monoisotopic (exact) mass is 378 g/mol.